The Labute approximate surface area is 152 Å². The van der Waals surface area contributed by atoms with Crippen molar-refractivity contribution in [3.63, 3.8) is 0 Å². The van der Waals surface area contributed by atoms with Crippen molar-refractivity contribution >= 4 is 0 Å². The molecule has 1 aromatic carbocycles. The molecule has 2 rings (SSSR count). The maximum absolute atomic E-state index is 14.0. The van der Waals surface area contributed by atoms with E-state index in [0.717, 1.165) is 32.1 Å². The van der Waals surface area contributed by atoms with Gasteiger partial charge in [-0.25, -0.2) is 8.78 Å². The van der Waals surface area contributed by atoms with Crippen LogP contribution in [0.15, 0.2) is 12.1 Å². The number of rotatable bonds is 7. The lowest BCUT2D eigenvalue weighted by atomic mass is 9.77. The van der Waals surface area contributed by atoms with E-state index in [1.807, 2.05) is 0 Å². The topological polar surface area (TPSA) is 0 Å². The molecule has 0 radical (unpaired) electrons. The maximum Gasteiger partial charge on any atom is 0.458 e. The van der Waals surface area contributed by atoms with Crippen molar-refractivity contribution in [1.29, 1.82) is 0 Å². The van der Waals surface area contributed by atoms with Gasteiger partial charge in [-0.2, -0.15) is 22.0 Å². The predicted octanol–water partition coefficient (Wildman–Crippen LogP) is 7.42. The molecule has 1 fully saturated rings. The normalized spacial score (nSPS) is 21.5. The van der Waals surface area contributed by atoms with E-state index >= 15 is 0 Å². The monoisotopic (exact) mass is 402 g/mol. The second-order valence-electron chi connectivity index (χ2n) is 7.19. The molecule has 0 amide bonds. The van der Waals surface area contributed by atoms with E-state index in [2.05, 4.69) is 0 Å². The molecular formula is C19H22F8. The molecule has 1 aliphatic carbocycles. The summed E-state index contributed by atoms with van der Waals surface area (Å²) in [5, 5.41) is 0. The molecule has 8 heteroatoms. The Bertz CT molecular complexity index is 592. The molecule has 0 nitrogen and oxygen atoms in total. The van der Waals surface area contributed by atoms with Crippen LogP contribution in [0.4, 0.5) is 35.1 Å². The van der Waals surface area contributed by atoms with E-state index < -0.39 is 29.3 Å². The fraction of sp³-hybridized carbons (Fsp3) is 0.684. The molecule has 0 N–H and O–H groups in total. The van der Waals surface area contributed by atoms with Crippen molar-refractivity contribution < 1.29 is 35.1 Å². The van der Waals surface area contributed by atoms with Gasteiger partial charge in [0, 0.05) is 0 Å². The Kier molecular flexibility index (Phi) is 7.14. The minimum atomic E-state index is -6.07. The number of halogens is 8. The summed E-state index contributed by atoms with van der Waals surface area (Å²) in [7, 11) is 0. The van der Waals surface area contributed by atoms with Crippen molar-refractivity contribution in [3.05, 3.63) is 34.9 Å². The van der Waals surface area contributed by atoms with Crippen LogP contribution in [-0.2, 0) is 5.92 Å². The highest BCUT2D eigenvalue weighted by atomic mass is 19.4. The first-order valence-electron chi connectivity index (χ1n) is 9.07. The molecule has 0 atom stereocenters. The lowest BCUT2D eigenvalue weighted by Gasteiger charge is -2.29. The maximum atomic E-state index is 14.0. The zero-order chi connectivity index (χ0) is 20.2. The summed E-state index contributed by atoms with van der Waals surface area (Å²) in [5.41, 5.74) is -2.14. The van der Waals surface area contributed by atoms with Crippen LogP contribution in [0.1, 0.15) is 68.4 Å². The quantitative estimate of drug-likeness (QED) is 0.329. The highest BCUT2D eigenvalue weighted by Gasteiger charge is 2.61. The Morgan fingerprint density at radius 3 is 1.85 bits per heavy atom. The summed E-state index contributed by atoms with van der Waals surface area (Å²) in [6.45, 7) is -0.340. The van der Waals surface area contributed by atoms with Crippen LogP contribution in [0.2, 0.25) is 0 Å². The third-order valence-electron chi connectivity index (χ3n) is 5.30. The highest BCUT2D eigenvalue weighted by molar-refractivity contribution is 5.32. The van der Waals surface area contributed by atoms with E-state index in [4.69, 9.17) is 0 Å². The Balaban J connectivity index is 2.05. The average molecular weight is 402 g/mol. The lowest BCUT2D eigenvalue weighted by Crippen LogP contribution is -2.35. The van der Waals surface area contributed by atoms with E-state index in [0.29, 0.717) is 37.3 Å². The Hall–Kier alpha value is -1.34. The van der Waals surface area contributed by atoms with Crippen molar-refractivity contribution in [1.82, 2.24) is 0 Å². The average Bonchev–Trinajstić information content (AvgIpc) is 2.57. The number of unbranched alkanes of at least 4 members (excludes halogenated alkanes) is 2. The highest BCUT2D eigenvalue weighted by Crippen LogP contribution is 2.47. The summed E-state index contributed by atoms with van der Waals surface area (Å²) < 4.78 is 104. The van der Waals surface area contributed by atoms with Crippen LogP contribution >= 0.6 is 0 Å². The molecule has 1 aliphatic rings. The van der Waals surface area contributed by atoms with Crippen LogP contribution in [0.3, 0.4) is 0 Å². The van der Waals surface area contributed by atoms with Crippen LogP contribution in [-0.4, -0.2) is 12.9 Å². The second-order valence-corrected chi connectivity index (χ2v) is 7.19. The number of alkyl halides is 6. The van der Waals surface area contributed by atoms with Crippen molar-refractivity contribution in [2.24, 2.45) is 5.92 Å². The zero-order valence-electron chi connectivity index (χ0n) is 14.7. The van der Waals surface area contributed by atoms with Gasteiger partial charge >= 0.3 is 12.1 Å². The number of benzene rings is 1. The van der Waals surface area contributed by atoms with Gasteiger partial charge < -0.3 is 0 Å². The van der Waals surface area contributed by atoms with Crippen LogP contribution in [0, 0.1) is 17.6 Å². The minimum Gasteiger partial charge on any atom is -0.251 e. The summed E-state index contributed by atoms with van der Waals surface area (Å²) >= 11 is 0. The summed E-state index contributed by atoms with van der Waals surface area (Å²) in [6, 6.07) is 1.20. The fourth-order valence-corrected chi connectivity index (χ4v) is 3.76. The zero-order valence-corrected chi connectivity index (χ0v) is 14.7. The smallest absolute Gasteiger partial charge is 0.251 e. The van der Waals surface area contributed by atoms with Crippen molar-refractivity contribution in [2.75, 3.05) is 6.67 Å². The SMILES string of the molecule is FCCCCCC1CCC(c2cc(F)c(C(F)(F)C(F)(F)F)c(F)c2)CC1. The largest absolute Gasteiger partial charge is 0.458 e. The van der Waals surface area contributed by atoms with E-state index in [9.17, 15) is 35.1 Å². The molecule has 154 valence electrons. The lowest BCUT2D eigenvalue weighted by molar-refractivity contribution is -0.291. The molecule has 0 aromatic heterocycles. The van der Waals surface area contributed by atoms with Crippen LogP contribution < -0.4 is 0 Å². The van der Waals surface area contributed by atoms with Gasteiger partial charge in [0.1, 0.15) is 17.2 Å². The molecule has 27 heavy (non-hydrogen) atoms. The Morgan fingerprint density at radius 1 is 0.815 bits per heavy atom. The third-order valence-corrected chi connectivity index (χ3v) is 5.30. The van der Waals surface area contributed by atoms with Gasteiger partial charge in [-0.05, 0) is 61.6 Å². The molecule has 0 unspecified atom stereocenters. The molecule has 0 spiro atoms. The van der Waals surface area contributed by atoms with Crippen molar-refractivity contribution in [2.45, 2.75) is 69.4 Å². The molecule has 0 heterocycles. The van der Waals surface area contributed by atoms with Gasteiger partial charge in [0.05, 0.1) is 6.67 Å². The first-order chi connectivity index (χ1) is 12.6. The number of hydrogen-bond acceptors (Lipinski definition) is 0. The molecule has 0 bridgehead atoms. The van der Waals surface area contributed by atoms with Gasteiger partial charge in [-0.1, -0.05) is 19.3 Å². The number of hydrogen-bond donors (Lipinski definition) is 0. The van der Waals surface area contributed by atoms with Gasteiger partial charge in [-0.15, -0.1) is 0 Å². The summed E-state index contributed by atoms with van der Waals surface area (Å²) in [4.78, 5) is 0. The standard InChI is InChI=1S/C19H22F8/c20-9-3-1-2-4-12-5-7-13(8-6-12)14-10-15(21)17(16(22)11-14)18(23,24)19(25,26)27/h10-13H,1-9H2. The van der Waals surface area contributed by atoms with Gasteiger partial charge in [-0.3, -0.25) is 4.39 Å². The Morgan fingerprint density at radius 2 is 1.37 bits per heavy atom. The first kappa shape index (κ1) is 22.0. The van der Waals surface area contributed by atoms with Gasteiger partial charge in [0.15, 0.2) is 0 Å². The molecular weight excluding hydrogens is 380 g/mol. The van der Waals surface area contributed by atoms with E-state index in [-0.39, 0.29) is 18.2 Å². The van der Waals surface area contributed by atoms with E-state index in [1.165, 1.54) is 0 Å². The second kappa shape index (κ2) is 8.78. The fourth-order valence-electron chi connectivity index (χ4n) is 3.76. The van der Waals surface area contributed by atoms with Crippen molar-refractivity contribution in [3.8, 4) is 0 Å². The van der Waals surface area contributed by atoms with Gasteiger partial charge in [0.2, 0.25) is 0 Å². The third kappa shape index (κ3) is 5.13. The summed E-state index contributed by atoms with van der Waals surface area (Å²) in [6.07, 6.45) is -0.159. The molecule has 0 saturated heterocycles. The molecule has 1 saturated carbocycles. The summed E-state index contributed by atoms with van der Waals surface area (Å²) in [5.74, 6) is -9.19. The minimum absolute atomic E-state index is 0.114. The molecule has 0 aliphatic heterocycles. The van der Waals surface area contributed by atoms with Crippen LogP contribution in [0.5, 0.6) is 0 Å². The molecule has 1 aromatic rings. The predicted molar refractivity (Wildman–Crippen MR) is 85.4 cm³/mol. The first-order valence-corrected chi connectivity index (χ1v) is 9.07. The van der Waals surface area contributed by atoms with Gasteiger partial charge in [0.25, 0.3) is 0 Å². The van der Waals surface area contributed by atoms with Crippen LogP contribution in [0.25, 0.3) is 0 Å². The van der Waals surface area contributed by atoms with E-state index in [1.54, 1.807) is 0 Å².